The van der Waals surface area contributed by atoms with E-state index in [-0.39, 0.29) is 6.10 Å². The first-order valence-corrected chi connectivity index (χ1v) is 6.76. The van der Waals surface area contributed by atoms with Crippen molar-refractivity contribution in [1.29, 1.82) is 0 Å². The first-order chi connectivity index (χ1) is 8.31. The van der Waals surface area contributed by atoms with Crippen LogP contribution < -0.4 is 4.74 Å². The highest BCUT2D eigenvalue weighted by Crippen LogP contribution is 2.34. The molecule has 0 amide bonds. The Morgan fingerprint density at radius 2 is 1.53 bits per heavy atom. The standard InChI is InChI=1S/C15H20O2/c16-13-5-1-11(2-6-13)12-3-7-14(8-4-12)17-15-9-10-15/h3-4,7-8,11,13,15-16H,1-2,5-6,9-10H2/t11-,13+. The quantitative estimate of drug-likeness (QED) is 0.867. The van der Waals surface area contributed by atoms with Crippen LogP contribution in [0.1, 0.15) is 50.0 Å². The van der Waals surface area contributed by atoms with Crippen molar-refractivity contribution in [3.8, 4) is 5.75 Å². The highest BCUT2D eigenvalue weighted by atomic mass is 16.5. The van der Waals surface area contributed by atoms with E-state index < -0.39 is 0 Å². The average Bonchev–Trinajstić information content (AvgIpc) is 3.15. The largest absolute Gasteiger partial charge is 0.490 e. The van der Waals surface area contributed by atoms with Crippen LogP contribution in [-0.4, -0.2) is 17.3 Å². The molecule has 2 fully saturated rings. The Hall–Kier alpha value is -1.02. The number of rotatable bonds is 3. The summed E-state index contributed by atoms with van der Waals surface area (Å²) in [5.41, 5.74) is 1.40. The number of aliphatic hydroxyl groups excluding tert-OH is 1. The van der Waals surface area contributed by atoms with Crippen molar-refractivity contribution in [3.63, 3.8) is 0 Å². The van der Waals surface area contributed by atoms with Gasteiger partial charge in [0.15, 0.2) is 0 Å². The molecule has 1 aromatic rings. The van der Waals surface area contributed by atoms with E-state index in [9.17, 15) is 5.11 Å². The van der Waals surface area contributed by atoms with E-state index in [0.717, 1.165) is 31.4 Å². The molecule has 0 aliphatic heterocycles. The maximum atomic E-state index is 9.50. The summed E-state index contributed by atoms with van der Waals surface area (Å²) in [5, 5.41) is 9.50. The van der Waals surface area contributed by atoms with Crippen molar-refractivity contribution in [2.75, 3.05) is 0 Å². The highest BCUT2D eigenvalue weighted by molar-refractivity contribution is 5.30. The molecule has 17 heavy (non-hydrogen) atoms. The fraction of sp³-hybridized carbons (Fsp3) is 0.600. The van der Waals surface area contributed by atoms with Gasteiger partial charge in [-0.05, 0) is 62.1 Å². The summed E-state index contributed by atoms with van der Waals surface area (Å²) in [6, 6.07) is 8.58. The monoisotopic (exact) mass is 232 g/mol. The molecule has 1 N–H and O–H groups in total. The summed E-state index contributed by atoms with van der Waals surface area (Å²) in [6.07, 6.45) is 6.96. The molecule has 1 aromatic carbocycles. The molecule has 3 rings (SSSR count). The second kappa shape index (κ2) is 4.69. The van der Waals surface area contributed by atoms with Crippen LogP contribution in [0.15, 0.2) is 24.3 Å². The summed E-state index contributed by atoms with van der Waals surface area (Å²) < 4.78 is 5.74. The number of ether oxygens (including phenoxy) is 1. The van der Waals surface area contributed by atoms with Crippen LogP contribution in [-0.2, 0) is 0 Å². The predicted octanol–water partition coefficient (Wildman–Crippen LogP) is 3.25. The number of hydrogen-bond donors (Lipinski definition) is 1. The molecule has 2 heteroatoms. The lowest BCUT2D eigenvalue weighted by Gasteiger charge is -2.25. The van der Waals surface area contributed by atoms with Crippen molar-refractivity contribution < 1.29 is 9.84 Å². The van der Waals surface area contributed by atoms with E-state index in [1.807, 2.05) is 0 Å². The zero-order valence-electron chi connectivity index (χ0n) is 10.1. The molecule has 0 aromatic heterocycles. The van der Waals surface area contributed by atoms with Crippen LogP contribution in [0.25, 0.3) is 0 Å². The molecule has 0 bridgehead atoms. The van der Waals surface area contributed by atoms with Gasteiger partial charge in [0.1, 0.15) is 5.75 Å². The van der Waals surface area contributed by atoms with Gasteiger partial charge in [-0.2, -0.15) is 0 Å². The predicted molar refractivity (Wildman–Crippen MR) is 67.3 cm³/mol. The van der Waals surface area contributed by atoms with Gasteiger partial charge in [0, 0.05) is 0 Å². The smallest absolute Gasteiger partial charge is 0.119 e. The summed E-state index contributed by atoms with van der Waals surface area (Å²) in [4.78, 5) is 0. The Morgan fingerprint density at radius 1 is 0.882 bits per heavy atom. The lowest BCUT2D eigenvalue weighted by atomic mass is 9.83. The third-order valence-corrected chi connectivity index (χ3v) is 3.88. The summed E-state index contributed by atoms with van der Waals surface area (Å²) in [7, 11) is 0. The van der Waals surface area contributed by atoms with E-state index >= 15 is 0 Å². The van der Waals surface area contributed by atoms with Crippen LogP contribution in [0.2, 0.25) is 0 Å². The van der Waals surface area contributed by atoms with Gasteiger partial charge in [0.2, 0.25) is 0 Å². The lowest BCUT2D eigenvalue weighted by Crippen LogP contribution is -2.16. The van der Waals surface area contributed by atoms with E-state index in [0.29, 0.717) is 12.0 Å². The molecule has 2 aliphatic carbocycles. The molecule has 0 unspecified atom stereocenters. The molecule has 0 saturated heterocycles. The van der Waals surface area contributed by atoms with E-state index in [1.54, 1.807) is 0 Å². The van der Waals surface area contributed by atoms with Crippen LogP contribution in [0, 0.1) is 0 Å². The molecule has 2 saturated carbocycles. The number of benzene rings is 1. The summed E-state index contributed by atoms with van der Waals surface area (Å²) >= 11 is 0. The molecule has 0 spiro atoms. The molecular weight excluding hydrogens is 212 g/mol. The fourth-order valence-electron chi connectivity index (χ4n) is 2.61. The van der Waals surface area contributed by atoms with E-state index in [2.05, 4.69) is 24.3 Å². The van der Waals surface area contributed by atoms with Gasteiger partial charge in [0.05, 0.1) is 12.2 Å². The van der Waals surface area contributed by atoms with Crippen molar-refractivity contribution in [2.24, 2.45) is 0 Å². The van der Waals surface area contributed by atoms with Crippen LogP contribution in [0.3, 0.4) is 0 Å². The zero-order valence-corrected chi connectivity index (χ0v) is 10.1. The van der Waals surface area contributed by atoms with Gasteiger partial charge < -0.3 is 9.84 Å². The Bertz CT molecular complexity index is 359. The minimum Gasteiger partial charge on any atom is -0.490 e. The van der Waals surface area contributed by atoms with E-state index in [1.165, 1.54) is 18.4 Å². The third-order valence-electron chi connectivity index (χ3n) is 3.88. The lowest BCUT2D eigenvalue weighted by molar-refractivity contribution is 0.122. The second-order valence-electron chi connectivity index (χ2n) is 5.39. The first-order valence-electron chi connectivity index (χ1n) is 6.76. The summed E-state index contributed by atoms with van der Waals surface area (Å²) in [5.74, 6) is 1.64. The van der Waals surface area contributed by atoms with Crippen molar-refractivity contribution >= 4 is 0 Å². The van der Waals surface area contributed by atoms with Crippen molar-refractivity contribution in [2.45, 2.75) is 56.7 Å². The van der Waals surface area contributed by atoms with Gasteiger partial charge in [-0.3, -0.25) is 0 Å². The molecular formula is C15H20O2. The van der Waals surface area contributed by atoms with Gasteiger partial charge in [-0.15, -0.1) is 0 Å². The van der Waals surface area contributed by atoms with Gasteiger partial charge >= 0.3 is 0 Å². The second-order valence-corrected chi connectivity index (χ2v) is 5.39. The summed E-state index contributed by atoms with van der Waals surface area (Å²) in [6.45, 7) is 0. The van der Waals surface area contributed by atoms with Crippen LogP contribution in [0.4, 0.5) is 0 Å². The van der Waals surface area contributed by atoms with E-state index in [4.69, 9.17) is 4.74 Å². The maximum absolute atomic E-state index is 9.50. The van der Waals surface area contributed by atoms with Gasteiger partial charge in [0.25, 0.3) is 0 Å². The Labute approximate surface area is 103 Å². The molecule has 0 atom stereocenters. The topological polar surface area (TPSA) is 29.5 Å². The minimum absolute atomic E-state index is 0.0660. The van der Waals surface area contributed by atoms with Crippen molar-refractivity contribution in [1.82, 2.24) is 0 Å². The Morgan fingerprint density at radius 3 is 2.12 bits per heavy atom. The normalized spacial score (nSPS) is 29.0. The molecule has 92 valence electrons. The zero-order chi connectivity index (χ0) is 11.7. The average molecular weight is 232 g/mol. The number of hydrogen-bond acceptors (Lipinski definition) is 2. The first kappa shape index (κ1) is 11.1. The molecule has 2 nitrogen and oxygen atoms in total. The number of aliphatic hydroxyl groups is 1. The fourth-order valence-corrected chi connectivity index (χ4v) is 2.61. The Kier molecular flexibility index (Phi) is 3.06. The SMILES string of the molecule is O[C@H]1CC[C@@H](c2ccc(OC3CC3)cc2)CC1. The maximum Gasteiger partial charge on any atom is 0.119 e. The van der Waals surface area contributed by atoms with Crippen LogP contribution in [0.5, 0.6) is 5.75 Å². The van der Waals surface area contributed by atoms with Gasteiger partial charge in [-0.1, -0.05) is 12.1 Å². The Balaban J connectivity index is 1.62. The molecule has 0 radical (unpaired) electrons. The van der Waals surface area contributed by atoms with Gasteiger partial charge in [-0.25, -0.2) is 0 Å². The van der Waals surface area contributed by atoms with Crippen molar-refractivity contribution in [3.05, 3.63) is 29.8 Å². The third kappa shape index (κ3) is 2.81. The minimum atomic E-state index is -0.0660. The van der Waals surface area contributed by atoms with Crippen LogP contribution >= 0.6 is 0 Å². The molecule has 2 aliphatic rings. The highest BCUT2D eigenvalue weighted by Gasteiger charge is 2.24. The molecule has 0 heterocycles.